The minimum absolute atomic E-state index is 0.113. The molecule has 4 nitrogen and oxygen atoms in total. The Balaban J connectivity index is 1.83. The van der Waals surface area contributed by atoms with Gasteiger partial charge >= 0.3 is 0 Å². The second-order valence-corrected chi connectivity index (χ2v) is 6.22. The van der Waals surface area contributed by atoms with Crippen LogP contribution in [0.2, 0.25) is 0 Å². The highest BCUT2D eigenvalue weighted by atomic mass is 32.2. The van der Waals surface area contributed by atoms with Crippen LogP contribution in [0.15, 0.2) is 41.4 Å². The van der Waals surface area contributed by atoms with E-state index in [-0.39, 0.29) is 12.1 Å². The summed E-state index contributed by atoms with van der Waals surface area (Å²) >= 11 is 1.86. The lowest BCUT2D eigenvalue weighted by molar-refractivity contribution is 0.166. The van der Waals surface area contributed by atoms with Gasteiger partial charge in [0, 0.05) is 23.4 Å². The SMILES string of the molecule is CCCn1nccc1C(NC)C1CSc2ccccc2O1. The molecular formula is C16H21N3OS. The number of hydrogen-bond donors (Lipinski definition) is 1. The van der Waals surface area contributed by atoms with E-state index >= 15 is 0 Å². The molecule has 1 aliphatic heterocycles. The van der Waals surface area contributed by atoms with Gasteiger partial charge in [-0.25, -0.2) is 0 Å². The maximum atomic E-state index is 6.22. The average Bonchev–Trinajstić information content (AvgIpc) is 2.97. The van der Waals surface area contributed by atoms with E-state index in [0.717, 1.165) is 24.5 Å². The van der Waals surface area contributed by atoms with Crippen LogP contribution in [0.4, 0.5) is 0 Å². The molecule has 5 heteroatoms. The van der Waals surface area contributed by atoms with Crippen molar-refractivity contribution >= 4 is 11.8 Å². The fourth-order valence-electron chi connectivity index (χ4n) is 2.73. The number of fused-ring (bicyclic) bond motifs is 1. The molecule has 0 saturated carbocycles. The molecule has 0 bridgehead atoms. The number of nitrogens with zero attached hydrogens (tertiary/aromatic N) is 2. The topological polar surface area (TPSA) is 39.1 Å². The molecule has 112 valence electrons. The zero-order valence-electron chi connectivity index (χ0n) is 12.5. The molecule has 0 radical (unpaired) electrons. The van der Waals surface area contributed by atoms with E-state index in [1.807, 2.05) is 37.1 Å². The Morgan fingerprint density at radius 1 is 1.43 bits per heavy atom. The van der Waals surface area contributed by atoms with E-state index < -0.39 is 0 Å². The van der Waals surface area contributed by atoms with Crippen molar-refractivity contribution in [3.8, 4) is 5.75 Å². The summed E-state index contributed by atoms with van der Waals surface area (Å²) in [5, 5.41) is 7.83. The Morgan fingerprint density at radius 3 is 3.10 bits per heavy atom. The van der Waals surface area contributed by atoms with Crippen LogP contribution in [0.3, 0.4) is 0 Å². The molecular weight excluding hydrogens is 282 g/mol. The number of thioether (sulfide) groups is 1. The van der Waals surface area contributed by atoms with Crippen LogP contribution in [0, 0.1) is 0 Å². The second-order valence-electron chi connectivity index (χ2n) is 5.16. The Labute approximate surface area is 129 Å². The maximum Gasteiger partial charge on any atom is 0.133 e. The lowest BCUT2D eigenvalue weighted by atomic mass is 10.1. The molecule has 2 aromatic rings. The summed E-state index contributed by atoms with van der Waals surface area (Å²) in [6, 6.07) is 10.5. The average molecular weight is 303 g/mol. The molecule has 0 aliphatic carbocycles. The molecule has 2 atom stereocenters. The summed E-state index contributed by atoms with van der Waals surface area (Å²) < 4.78 is 8.30. The molecule has 0 fully saturated rings. The highest BCUT2D eigenvalue weighted by Crippen LogP contribution is 2.38. The summed E-state index contributed by atoms with van der Waals surface area (Å²) in [6.45, 7) is 3.11. The minimum atomic E-state index is 0.113. The van der Waals surface area contributed by atoms with Crippen molar-refractivity contribution in [3.05, 3.63) is 42.2 Å². The first-order valence-electron chi connectivity index (χ1n) is 7.41. The third-order valence-electron chi connectivity index (χ3n) is 3.72. The van der Waals surface area contributed by atoms with Crippen molar-refractivity contribution in [2.75, 3.05) is 12.8 Å². The summed E-state index contributed by atoms with van der Waals surface area (Å²) in [5.74, 6) is 1.93. The Hall–Kier alpha value is -1.46. The molecule has 3 rings (SSSR count). The second kappa shape index (κ2) is 6.54. The number of ether oxygens (including phenoxy) is 1. The molecule has 2 heterocycles. The number of rotatable bonds is 5. The van der Waals surface area contributed by atoms with Crippen LogP contribution < -0.4 is 10.1 Å². The zero-order valence-corrected chi connectivity index (χ0v) is 13.3. The van der Waals surface area contributed by atoms with Gasteiger partial charge in [-0.05, 0) is 31.7 Å². The summed E-state index contributed by atoms with van der Waals surface area (Å²) in [7, 11) is 1.99. The van der Waals surface area contributed by atoms with Crippen LogP contribution in [0.25, 0.3) is 0 Å². The Kier molecular flexibility index (Phi) is 4.51. The van der Waals surface area contributed by atoms with Crippen LogP contribution >= 0.6 is 11.8 Å². The van der Waals surface area contributed by atoms with Gasteiger partial charge in [-0.1, -0.05) is 19.1 Å². The molecule has 1 N–H and O–H groups in total. The van der Waals surface area contributed by atoms with E-state index in [9.17, 15) is 0 Å². The third-order valence-corrected chi connectivity index (χ3v) is 4.86. The van der Waals surface area contributed by atoms with Crippen molar-refractivity contribution in [1.29, 1.82) is 0 Å². The third kappa shape index (κ3) is 2.94. The van der Waals surface area contributed by atoms with E-state index in [4.69, 9.17) is 4.74 Å². The molecule has 1 aromatic heterocycles. The van der Waals surface area contributed by atoms with Crippen molar-refractivity contribution in [2.24, 2.45) is 0 Å². The van der Waals surface area contributed by atoms with Crippen LogP contribution in [0.5, 0.6) is 5.75 Å². The predicted molar refractivity (Wildman–Crippen MR) is 85.9 cm³/mol. The zero-order chi connectivity index (χ0) is 14.7. The maximum absolute atomic E-state index is 6.22. The number of hydrogen-bond acceptors (Lipinski definition) is 4. The number of aryl methyl sites for hydroxylation is 1. The molecule has 21 heavy (non-hydrogen) atoms. The van der Waals surface area contributed by atoms with Gasteiger partial charge in [0.05, 0.1) is 11.7 Å². The van der Waals surface area contributed by atoms with Crippen LogP contribution in [0.1, 0.15) is 25.1 Å². The largest absolute Gasteiger partial charge is 0.486 e. The van der Waals surface area contributed by atoms with E-state index in [2.05, 4.69) is 40.2 Å². The fourth-order valence-corrected chi connectivity index (χ4v) is 3.77. The van der Waals surface area contributed by atoms with Gasteiger partial charge in [-0.15, -0.1) is 11.8 Å². The Morgan fingerprint density at radius 2 is 2.29 bits per heavy atom. The van der Waals surface area contributed by atoms with Crippen molar-refractivity contribution in [2.45, 2.75) is 36.9 Å². The molecule has 0 spiro atoms. The van der Waals surface area contributed by atoms with E-state index in [1.165, 1.54) is 10.6 Å². The highest BCUT2D eigenvalue weighted by molar-refractivity contribution is 7.99. The normalized spacial score (nSPS) is 18.9. The lowest BCUT2D eigenvalue weighted by Gasteiger charge is -2.32. The first-order valence-corrected chi connectivity index (χ1v) is 8.39. The fraction of sp³-hybridized carbons (Fsp3) is 0.438. The monoisotopic (exact) mass is 303 g/mol. The standard InChI is InChI=1S/C16H21N3OS/c1-3-10-19-12(8-9-18-19)16(17-2)14-11-21-15-7-5-4-6-13(15)20-14/h4-9,14,16-17H,3,10-11H2,1-2H3. The quantitative estimate of drug-likeness (QED) is 0.921. The number of nitrogens with one attached hydrogen (secondary N) is 1. The highest BCUT2D eigenvalue weighted by Gasteiger charge is 2.30. The first-order chi connectivity index (χ1) is 10.3. The van der Waals surface area contributed by atoms with Gasteiger partial charge in [0.2, 0.25) is 0 Å². The van der Waals surface area contributed by atoms with Crippen molar-refractivity contribution < 1.29 is 4.74 Å². The van der Waals surface area contributed by atoms with Crippen LogP contribution in [-0.2, 0) is 6.54 Å². The Bertz CT molecular complexity index is 599. The van der Waals surface area contributed by atoms with Crippen LogP contribution in [-0.4, -0.2) is 28.7 Å². The minimum Gasteiger partial charge on any atom is -0.486 e. The number of likely N-dealkylation sites (N-methyl/N-ethyl adjacent to an activating group) is 1. The van der Waals surface area contributed by atoms with E-state index in [0.29, 0.717) is 0 Å². The van der Waals surface area contributed by atoms with Gasteiger partial charge in [0.15, 0.2) is 0 Å². The predicted octanol–water partition coefficient (Wildman–Crippen LogP) is 3.11. The number of benzene rings is 1. The number of para-hydroxylation sites is 1. The van der Waals surface area contributed by atoms with Gasteiger partial charge in [-0.2, -0.15) is 5.10 Å². The summed E-state index contributed by atoms with van der Waals surface area (Å²) in [6.07, 6.45) is 3.07. The smallest absolute Gasteiger partial charge is 0.133 e. The number of aromatic nitrogens is 2. The lowest BCUT2D eigenvalue weighted by Crippen LogP contribution is -2.38. The molecule has 0 saturated heterocycles. The molecule has 1 aliphatic rings. The van der Waals surface area contributed by atoms with Crippen molar-refractivity contribution in [3.63, 3.8) is 0 Å². The summed E-state index contributed by atoms with van der Waals surface area (Å²) in [4.78, 5) is 1.23. The molecule has 1 aromatic carbocycles. The van der Waals surface area contributed by atoms with E-state index in [1.54, 1.807) is 0 Å². The van der Waals surface area contributed by atoms with Crippen molar-refractivity contribution in [1.82, 2.24) is 15.1 Å². The molecule has 2 unspecified atom stereocenters. The van der Waals surface area contributed by atoms with Gasteiger partial charge in [-0.3, -0.25) is 4.68 Å². The van der Waals surface area contributed by atoms with Gasteiger partial charge < -0.3 is 10.1 Å². The van der Waals surface area contributed by atoms with Gasteiger partial charge in [0.1, 0.15) is 11.9 Å². The van der Waals surface area contributed by atoms with Gasteiger partial charge in [0.25, 0.3) is 0 Å². The first kappa shape index (κ1) is 14.5. The molecule has 0 amide bonds. The summed E-state index contributed by atoms with van der Waals surface area (Å²) in [5.41, 5.74) is 1.20.